The molecule has 1 rings (SSSR count). The number of anilines is 1. The minimum absolute atomic E-state index is 0. The molecule has 0 aliphatic rings. The number of hydrogen-bond donors (Lipinski definition) is 2. The molecular weight excluding hydrogens is 404 g/mol. The molecule has 0 aliphatic heterocycles. The van der Waals surface area contributed by atoms with Crippen molar-refractivity contribution >= 4 is 35.7 Å². The molecule has 0 spiro atoms. The molecule has 1 aromatic rings. The van der Waals surface area contributed by atoms with Gasteiger partial charge in [-0.2, -0.15) is 10.2 Å². The fourth-order valence-corrected chi connectivity index (χ4v) is 18.5. The first-order chi connectivity index (χ1) is 12.2. The van der Waals surface area contributed by atoms with Gasteiger partial charge in [0.25, 0.3) is 0 Å². The van der Waals surface area contributed by atoms with Crippen molar-refractivity contribution in [2.75, 3.05) is 60.3 Å². The van der Waals surface area contributed by atoms with Crippen LogP contribution in [0.1, 0.15) is 0 Å². The van der Waals surface area contributed by atoms with Gasteiger partial charge in [0.2, 0.25) is 0 Å². The molecule has 3 nitrogen and oxygen atoms in total. The van der Waals surface area contributed by atoms with Crippen molar-refractivity contribution in [3.63, 3.8) is 0 Å². The number of rotatable bonds is 8. The first kappa shape index (κ1) is 31.0. The topological polar surface area (TPSA) is 12.1 Å². The summed E-state index contributed by atoms with van der Waals surface area (Å²) in [5, 5.41) is 1.50. The number of nitrogens with zero attached hydrogens (tertiary/aromatic N) is 1. The van der Waals surface area contributed by atoms with Gasteiger partial charge in [-0.3, -0.25) is 0 Å². The Hall–Kier alpha value is 0.804. The van der Waals surface area contributed by atoms with E-state index in [2.05, 4.69) is 111 Å². The summed E-state index contributed by atoms with van der Waals surface area (Å²) in [6.45, 7) is 17.7. The number of para-hydroxylation sites is 1. The maximum Gasteiger partial charge on any atom is 1.00 e. The molecule has 7 heteroatoms. The number of nitrogens with one attached hydrogen (secondary N) is 2. The standard InChI is InChI=1S/C15H29NPSi2.C6H16N2.Na/c1-16(2)13-11-9-10-12-14(13)17-15(18(3,4)5)19(6,7)8;1-7(2)5-6-8(3)4;/h9-12,15H,1-8H3;5-6H2,1-4H3;/q-1;;+1/p+2. The Bertz CT molecular complexity index is 519. The van der Waals surface area contributed by atoms with Crippen LogP contribution in [-0.2, 0) is 0 Å². The average Bonchev–Trinajstić information content (AvgIpc) is 2.49. The predicted molar refractivity (Wildman–Crippen MR) is 133 cm³/mol. The van der Waals surface area contributed by atoms with Crippen LogP contribution in [0.4, 0.5) is 5.69 Å². The van der Waals surface area contributed by atoms with Crippen LogP contribution in [0.2, 0.25) is 39.3 Å². The zero-order valence-corrected chi connectivity index (χ0v) is 26.1. The third-order valence-electron chi connectivity index (χ3n) is 4.40. The molecule has 0 radical (unpaired) electrons. The summed E-state index contributed by atoms with van der Waals surface area (Å²) in [5.74, 6) is 0. The van der Waals surface area contributed by atoms with Gasteiger partial charge in [0, 0.05) is 35.9 Å². The Labute approximate surface area is 202 Å². The van der Waals surface area contributed by atoms with E-state index in [1.54, 1.807) is 8.58 Å². The fourth-order valence-electron chi connectivity index (χ4n) is 3.28. The Morgan fingerprint density at radius 1 is 0.821 bits per heavy atom. The molecule has 0 bridgehead atoms. The van der Waals surface area contributed by atoms with Gasteiger partial charge < -0.3 is 23.3 Å². The Kier molecular flexibility index (Phi) is 15.5. The zero-order valence-electron chi connectivity index (χ0n) is 21.2. The number of quaternary nitrogens is 2. The molecule has 0 unspecified atom stereocenters. The molecule has 158 valence electrons. The van der Waals surface area contributed by atoms with Crippen molar-refractivity contribution in [2.45, 2.75) is 44.2 Å². The van der Waals surface area contributed by atoms with E-state index in [0.717, 1.165) is 4.91 Å². The second-order valence-corrected chi connectivity index (χ2v) is 24.0. The summed E-state index contributed by atoms with van der Waals surface area (Å²) < 4.78 is 0. The fraction of sp³-hybridized carbons (Fsp3) is 0.714. The molecule has 0 aromatic heterocycles. The molecule has 0 fully saturated rings. The van der Waals surface area contributed by atoms with Gasteiger partial charge in [-0.25, -0.2) is 0 Å². The van der Waals surface area contributed by atoms with Crippen LogP contribution >= 0.6 is 8.58 Å². The number of benzene rings is 1. The van der Waals surface area contributed by atoms with Gasteiger partial charge >= 0.3 is 29.6 Å². The maximum absolute atomic E-state index is 2.53. The number of hydrogen-bond acceptors (Lipinski definition) is 1. The van der Waals surface area contributed by atoms with E-state index in [-0.39, 0.29) is 29.6 Å². The summed E-state index contributed by atoms with van der Waals surface area (Å²) in [6, 6.07) is 8.88. The van der Waals surface area contributed by atoms with E-state index in [1.165, 1.54) is 33.9 Å². The van der Waals surface area contributed by atoms with Crippen LogP contribution in [0.25, 0.3) is 0 Å². The molecule has 1 aromatic carbocycles. The molecule has 0 saturated carbocycles. The average molecular weight is 452 g/mol. The number of likely N-dealkylation sites (N-methyl/N-ethyl adjacent to an activating group) is 2. The van der Waals surface area contributed by atoms with Gasteiger partial charge in [-0.1, -0.05) is 57.5 Å². The largest absolute Gasteiger partial charge is 1.00 e. The van der Waals surface area contributed by atoms with Crippen LogP contribution < -0.4 is 49.6 Å². The summed E-state index contributed by atoms with van der Waals surface area (Å²) in [6.07, 6.45) is 0. The van der Waals surface area contributed by atoms with Gasteiger partial charge in [0.1, 0.15) is 13.1 Å². The Balaban J connectivity index is 0. The first-order valence-corrected chi connectivity index (χ1v) is 18.3. The van der Waals surface area contributed by atoms with Crippen molar-refractivity contribution in [3.8, 4) is 0 Å². The summed E-state index contributed by atoms with van der Waals surface area (Å²) in [7, 11) is 12.3. The third-order valence-corrected chi connectivity index (χ3v) is 19.2. The van der Waals surface area contributed by atoms with Crippen LogP contribution in [-0.4, -0.2) is 76.4 Å². The van der Waals surface area contributed by atoms with Crippen molar-refractivity contribution < 1.29 is 39.4 Å². The minimum atomic E-state index is -1.13. The van der Waals surface area contributed by atoms with E-state index in [4.69, 9.17) is 0 Å². The smallest absolute Gasteiger partial charge is 0.506 e. The van der Waals surface area contributed by atoms with Crippen LogP contribution in [0.15, 0.2) is 24.3 Å². The third kappa shape index (κ3) is 13.2. The molecule has 2 N–H and O–H groups in total. The molecule has 28 heavy (non-hydrogen) atoms. The van der Waals surface area contributed by atoms with E-state index in [0.29, 0.717) is 0 Å². The molecule has 0 amide bonds. The monoisotopic (exact) mass is 451 g/mol. The van der Waals surface area contributed by atoms with Crippen LogP contribution in [0.5, 0.6) is 0 Å². The zero-order chi connectivity index (χ0) is 21.4. The Morgan fingerprint density at radius 3 is 1.54 bits per heavy atom. The molecule has 0 aliphatic carbocycles. The van der Waals surface area contributed by atoms with Crippen molar-refractivity contribution in [1.29, 1.82) is 0 Å². The maximum atomic E-state index is 2.53. The SMILES string of the molecule is CN(C)c1ccccc1[P-]C([Si](C)(C)C)[Si](C)(C)C.C[NH+](C)CC[NH+](C)C.[Na+]. The molecule has 0 heterocycles. The second kappa shape index (κ2) is 14.0. The van der Waals surface area contributed by atoms with E-state index in [9.17, 15) is 0 Å². The Morgan fingerprint density at radius 2 is 1.21 bits per heavy atom. The summed E-state index contributed by atoms with van der Waals surface area (Å²) >= 11 is 0. The first-order valence-electron chi connectivity index (χ1n) is 10.2. The molecule has 0 atom stereocenters. The summed E-state index contributed by atoms with van der Waals surface area (Å²) in [5.41, 5.74) is 1.38. The van der Waals surface area contributed by atoms with Gasteiger partial charge in [0.15, 0.2) is 0 Å². The normalized spacial score (nSPS) is 12.4. The molecule has 0 saturated heterocycles. The summed E-state index contributed by atoms with van der Waals surface area (Å²) in [4.78, 5) is 6.21. The second-order valence-electron chi connectivity index (χ2n) is 10.6. The van der Waals surface area contributed by atoms with Gasteiger partial charge in [-0.05, 0) is 6.07 Å². The molecular formula is C21H47N3NaPSi2+2. The van der Waals surface area contributed by atoms with Crippen molar-refractivity contribution in [1.82, 2.24) is 0 Å². The van der Waals surface area contributed by atoms with Gasteiger partial charge in [-0.15, -0.1) is 0 Å². The van der Waals surface area contributed by atoms with E-state index >= 15 is 0 Å². The minimum Gasteiger partial charge on any atom is -0.506 e. The predicted octanol–water partition coefficient (Wildman–Crippen LogP) is -1.27. The van der Waals surface area contributed by atoms with Crippen molar-refractivity contribution in [2.24, 2.45) is 0 Å². The van der Waals surface area contributed by atoms with E-state index in [1.807, 2.05) is 0 Å². The van der Waals surface area contributed by atoms with Crippen molar-refractivity contribution in [3.05, 3.63) is 24.3 Å². The quantitative estimate of drug-likeness (QED) is 0.371. The van der Waals surface area contributed by atoms with Crippen LogP contribution in [0, 0.1) is 0 Å². The van der Waals surface area contributed by atoms with E-state index < -0.39 is 16.1 Å². The van der Waals surface area contributed by atoms with Gasteiger partial charge in [0.05, 0.1) is 28.2 Å². The van der Waals surface area contributed by atoms with Crippen LogP contribution in [0.3, 0.4) is 0 Å².